The standard InChI is InChI=1S/C18H18N4O4S/c1-22-17(18(23)20-12-14-7-3-4-9-19-14)11-16(21-27(22,24)25)13-6-5-8-15(10-13)26-2/h3-11H,12H2,1-2H3,(H,20,23). The predicted octanol–water partition coefficient (Wildman–Crippen LogP) is 1.27. The summed E-state index contributed by atoms with van der Waals surface area (Å²) in [5.74, 6) is 0.0168. The van der Waals surface area contributed by atoms with E-state index >= 15 is 0 Å². The Morgan fingerprint density at radius 3 is 2.74 bits per heavy atom. The first kappa shape index (κ1) is 18.6. The fourth-order valence-corrected chi connectivity index (χ4v) is 3.36. The number of hydrogen-bond acceptors (Lipinski definition) is 5. The summed E-state index contributed by atoms with van der Waals surface area (Å²) >= 11 is 0. The van der Waals surface area contributed by atoms with Crippen molar-refractivity contribution in [1.82, 2.24) is 14.6 Å². The number of hydrogen-bond donors (Lipinski definition) is 1. The van der Waals surface area contributed by atoms with Crippen LogP contribution in [0.5, 0.6) is 5.75 Å². The van der Waals surface area contributed by atoms with E-state index in [2.05, 4.69) is 14.7 Å². The summed E-state index contributed by atoms with van der Waals surface area (Å²) in [4.78, 5) is 16.7. The van der Waals surface area contributed by atoms with Crippen molar-refractivity contribution in [2.75, 3.05) is 14.2 Å². The highest BCUT2D eigenvalue weighted by atomic mass is 32.2. The Balaban J connectivity index is 1.89. The minimum atomic E-state index is -4.02. The number of benzene rings is 1. The van der Waals surface area contributed by atoms with E-state index in [9.17, 15) is 13.2 Å². The molecule has 0 fully saturated rings. The summed E-state index contributed by atoms with van der Waals surface area (Å²) in [6.45, 7) is 0.177. The molecule has 0 radical (unpaired) electrons. The Morgan fingerprint density at radius 1 is 1.22 bits per heavy atom. The molecule has 0 unspecified atom stereocenters. The predicted molar refractivity (Wildman–Crippen MR) is 100 cm³/mol. The van der Waals surface area contributed by atoms with Gasteiger partial charge in [-0.05, 0) is 30.3 Å². The van der Waals surface area contributed by atoms with Crippen molar-refractivity contribution < 1.29 is 17.9 Å². The van der Waals surface area contributed by atoms with E-state index in [0.29, 0.717) is 17.0 Å². The highest BCUT2D eigenvalue weighted by molar-refractivity contribution is 7.88. The third-order valence-corrected chi connectivity index (χ3v) is 5.24. The van der Waals surface area contributed by atoms with E-state index in [1.165, 1.54) is 20.2 Å². The van der Waals surface area contributed by atoms with Gasteiger partial charge in [0, 0.05) is 18.8 Å². The highest BCUT2D eigenvalue weighted by Crippen LogP contribution is 2.21. The number of likely N-dealkylation sites (N-methyl/N-ethyl adjacent to an activating group) is 1. The molecule has 9 heteroatoms. The van der Waals surface area contributed by atoms with Crippen LogP contribution in [0.3, 0.4) is 0 Å². The van der Waals surface area contributed by atoms with Crippen molar-refractivity contribution in [2.24, 2.45) is 4.40 Å². The number of pyridine rings is 1. The lowest BCUT2D eigenvalue weighted by Gasteiger charge is -2.23. The van der Waals surface area contributed by atoms with Crippen LogP contribution in [-0.2, 0) is 21.5 Å². The summed E-state index contributed by atoms with van der Waals surface area (Å²) < 4.78 is 34.6. The first-order chi connectivity index (χ1) is 12.9. The minimum Gasteiger partial charge on any atom is -0.497 e. The monoisotopic (exact) mass is 386 g/mol. The van der Waals surface area contributed by atoms with Crippen molar-refractivity contribution in [1.29, 1.82) is 0 Å². The van der Waals surface area contributed by atoms with Gasteiger partial charge < -0.3 is 10.1 Å². The number of amides is 1. The van der Waals surface area contributed by atoms with Gasteiger partial charge in [-0.1, -0.05) is 18.2 Å². The number of methoxy groups -OCH3 is 1. The number of carbonyl (C=O) groups is 1. The molecule has 0 spiro atoms. The van der Waals surface area contributed by atoms with Crippen LogP contribution >= 0.6 is 0 Å². The van der Waals surface area contributed by atoms with E-state index in [4.69, 9.17) is 4.74 Å². The second kappa shape index (κ2) is 7.58. The lowest BCUT2D eigenvalue weighted by Crippen LogP contribution is -2.38. The van der Waals surface area contributed by atoms with Crippen molar-refractivity contribution >= 4 is 21.8 Å². The third-order valence-electron chi connectivity index (χ3n) is 3.93. The van der Waals surface area contributed by atoms with Gasteiger partial charge in [-0.3, -0.25) is 9.78 Å². The average Bonchev–Trinajstić information content (AvgIpc) is 2.68. The smallest absolute Gasteiger partial charge is 0.345 e. The van der Waals surface area contributed by atoms with Gasteiger partial charge >= 0.3 is 10.2 Å². The number of rotatable bonds is 5. The number of nitrogens with one attached hydrogen (secondary N) is 1. The Bertz CT molecular complexity index is 1020. The number of allylic oxidation sites excluding steroid dienone is 1. The summed E-state index contributed by atoms with van der Waals surface area (Å²) in [5, 5.41) is 2.68. The second-order valence-corrected chi connectivity index (χ2v) is 7.31. The molecule has 0 saturated carbocycles. The maximum absolute atomic E-state index is 12.6. The van der Waals surface area contributed by atoms with E-state index in [0.717, 1.165) is 4.31 Å². The van der Waals surface area contributed by atoms with Crippen molar-refractivity contribution in [3.05, 3.63) is 71.7 Å². The van der Waals surface area contributed by atoms with Gasteiger partial charge in [0.25, 0.3) is 5.91 Å². The van der Waals surface area contributed by atoms with Gasteiger partial charge in [-0.25, -0.2) is 4.31 Å². The molecule has 140 valence electrons. The average molecular weight is 386 g/mol. The van der Waals surface area contributed by atoms with Gasteiger partial charge in [0.15, 0.2) is 0 Å². The number of carbonyl (C=O) groups excluding carboxylic acids is 1. The molecule has 3 rings (SSSR count). The van der Waals surface area contributed by atoms with Crippen LogP contribution in [0.1, 0.15) is 11.3 Å². The summed E-state index contributed by atoms with van der Waals surface area (Å²) in [5.41, 5.74) is 1.32. The molecular formula is C18H18N4O4S. The van der Waals surface area contributed by atoms with E-state index in [1.54, 1.807) is 48.7 Å². The molecule has 0 saturated heterocycles. The molecule has 1 aromatic heterocycles. The zero-order chi connectivity index (χ0) is 19.4. The number of nitrogens with zero attached hydrogens (tertiary/aromatic N) is 3. The molecule has 2 heterocycles. The minimum absolute atomic E-state index is 0.0289. The fourth-order valence-electron chi connectivity index (χ4n) is 2.45. The first-order valence-corrected chi connectivity index (χ1v) is 9.43. The molecule has 1 amide bonds. The van der Waals surface area contributed by atoms with Gasteiger partial charge in [0.2, 0.25) is 0 Å². The molecule has 1 aliphatic heterocycles. The molecule has 1 aromatic carbocycles. The molecule has 2 aromatic rings. The topological polar surface area (TPSA) is 101 Å². The Labute approximate surface area is 157 Å². The zero-order valence-corrected chi connectivity index (χ0v) is 15.6. The normalized spacial score (nSPS) is 15.6. The van der Waals surface area contributed by atoms with Crippen LogP contribution < -0.4 is 10.1 Å². The molecule has 0 bridgehead atoms. The van der Waals surface area contributed by atoms with E-state index in [1.807, 2.05) is 0 Å². The fraction of sp³-hybridized carbons (Fsp3) is 0.167. The molecule has 0 aliphatic carbocycles. The lowest BCUT2D eigenvalue weighted by atomic mass is 10.1. The second-order valence-electron chi connectivity index (χ2n) is 5.69. The van der Waals surface area contributed by atoms with Crippen LogP contribution in [0.25, 0.3) is 0 Å². The first-order valence-electron chi connectivity index (χ1n) is 8.04. The van der Waals surface area contributed by atoms with Gasteiger partial charge in [0.05, 0.1) is 25.1 Å². The summed E-state index contributed by atoms with van der Waals surface area (Å²) in [6.07, 6.45) is 3.05. The highest BCUT2D eigenvalue weighted by Gasteiger charge is 2.30. The Kier molecular flexibility index (Phi) is 5.22. The van der Waals surface area contributed by atoms with Crippen LogP contribution in [0.4, 0.5) is 0 Å². The summed E-state index contributed by atoms with van der Waals surface area (Å²) in [7, 11) is -1.22. The maximum atomic E-state index is 12.6. The maximum Gasteiger partial charge on any atom is 0.345 e. The van der Waals surface area contributed by atoms with Gasteiger partial charge in [-0.2, -0.15) is 8.42 Å². The quantitative estimate of drug-likeness (QED) is 0.834. The zero-order valence-electron chi connectivity index (χ0n) is 14.8. The summed E-state index contributed by atoms with van der Waals surface area (Å²) in [6, 6.07) is 12.1. The van der Waals surface area contributed by atoms with Crippen molar-refractivity contribution in [2.45, 2.75) is 6.54 Å². The van der Waals surface area contributed by atoms with E-state index < -0.39 is 16.1 Å². The largest absolute Gasteiger partial charge is 0.497 e. The Hall–Kier alpha value is -3.20. The molecule has 1 N–H and O–H groups in total. The lowest BCUT2D eigenvalue weighted by molar-refractivity contribution is -0.118. The van der Waals surface area contributed by atoms with Gasteiger partial charge in [-0.15, -0.1) is 4.40 Å². The van der Waals surface area contributed by atoms with E-state index in [-0.39, 0.29) is 18.0 Å². The molecular weight excluding hydrogens is 368 g/mol. The number of aromatic nitrogens is 1. The van der Waals surface area contributed by atoms with Crippen LogP contribution in [0, 0.1) is 0 Å². The van der Waals surface area contributed by atoms with Crippen LogP contribution in [-0.4, -0.2) is 43.5 Å². The van der Waals surface area contributed by atoms with Gasteiger partial charge in [0.1, 0.15) is 11.4 Å². The number of ether oxygens (including phenoxy) is 1. The Morgan fingerprint density at radius 2 is 2.04 bits per heavy atom. The van der Waals surface area contributed by atoms with Crippen molar-refractivity contribution in [3.8, 4) is 5.75 Å². The molecule has 0 atom stereocenters. The van der Waals surface area contributed by atoms with Crippen LogP contribution in [0.15, 0.2) is 64.8 Å². The SMILES string of the molecule is COc1cccc(C2=NS(=O)(=O)N(C)C(C(=O)NCc3ccccn3)=C2)c1. The third kappa shape index (κ3) is 4.14. The molecule has 1 aliphatic rings. The molecule has 27 heavy (non-hydrogen) atoms. The van der Waals surface area contributed by atoms with Crippen LogP contribution in [0.2, 0.25) is 0 Å². The molecule has 8 nitrogen and oxygen atoms in total. The van der Waals surface area contributed by atoms with Crippen molar-refractivity contribution in [3.63, 3.8) is 0 Å².